The number of methoxy groups -OCH3 is 1. The van der Waals surface area contributed by atoms with Crippen molar-refractivity contribution < 1.29 is 19.4 Å². The average molecular weight is 258 g/mol. The Balaban J connectivity index is 2.21. The van der Waals surface area contributed by atoms with Crippen molar-refractivity contribution in [1.82, 2.24) is 0 Å². The lowest BCUT2D eigenvalue weighted by molar-refractivity contribution is -0.136. The van der Waals surface area contributed by atoms with Crippen molar-refractivity contribution in [3.63, 3.8) is 0 Å². The molecule has 2 aromatic rings. The van der Waals surface area contributed by atoms with Crippen LogP contribution in [0.5, 0.6) is 17.2 Å². The van der Waals surface area contributed by atoms with Crippen LogP contribution in [0.1, 0.15) is 5.56 Å². The van der Waals surface area contributed by atoms with E-state index in [1.165, 1.54) is 7.11 Å². The Hall–Kier alpha value is -2.49. The van der Waals surface area contributed by atoms with E-state index in [1.807, 2.05) is 30.3 Å². The molecule has 0 atom stereocenters. The van der Waals surface area contributed by atoms with E-state index in [4.69, 9.17) is 14.6 Å². The molecule has 0 aliphatic heterocycles. The molecule has 1 N–H and O–H groups in total. The van der Waals surface area contributed by atoms with E-state index in [0.29, 0.717) is 17.1 Å². The maximum Gasteiger partial charge on any atom is 0.307 e. The van der Waals surface area contributed by atoms with E-state index >= 15 is 0 Å². The minimum atomic E-state index is -0.893. The largest absolute Gasteiger partial charge is 0.496 e. The molecule has 0 fully saturated rings. The minimum Gasteiger partial charge on any atom is -0.496 e. The lowest BCUT2D eigenvalue weighted by Gasteiger charge is -2.10. The van der Waals surface area contributed by atoms with Crippen molar-refractivity contribution >= 4 is 5.97 Å². The zero-order valence-corrected chi connectivity index (χ0v) is 10.5. The van der Waals surface area contributed by atoms with Crippen LogP contribution in [0.25, 0.3) is 0 Å². The van der Waals surface area contributed by atoms with Crippen LogP contribution in [0.15, 0.2) is 48.5 Å². The predicted molar refractivity (Wildman–Crippen MR) is 70.8 cm³/mol. The Bertz CT molecular complexity index is 564. The first kappa shape index (κ1) is 13.0. The van der Waals surface area contributed by atoms with Gasteiger partial charge in [0.1, 0.15) is 17.2 Å². The first-order chi connectivity index (χ1) is 9.19. The molecular weight excluding hydrogens is 244 g/mol. The van der Waals surface area contributed by atoms with Crippen molar-refractivity contribution in [2.24, 2.45) is 0 Å². The number of ether oxygens (including phenoxy) is 2. The quantitative estimate of drug-likeness (QED) is 0.895. The smallest absolute Gasteiger partial charge is 0.307 e. The van der Waals surface area contributed by atoms with Gasteiger partial charge in [-0.1, -0.05) is 24.3 Å². The lowest BCUT2D eigenvalue weighted by Crippen LogP contribution is -2.02. The number of benzene rings is 2. The molecule has 0 saturated carbocycles. The van der Waals surface area contributed by atoms with Gasteiger partial charge in [0, 0.05) is 11.6 Å². The van der Waals surface area contributed by atoms with Crippen LogP contribution < -0.4 is 9.47 Å². The van der Waals surface area contributed by atoms with Crippen LogP contribution in [0.4, 0.5) is 0 Å². The van der Waals surface area contributed by atoms with Crippen molar-refractivity contribution in [3.8, 4) is 17.2 Å². The molecule has 0 radical (unpaired) electrons. The summed E-state index contributed by atoms with van der Waals surface area (Å²) in [5, 5.41) is 8.80. The second-order valence-electron chi connectivity index (χ2n) is 3.96. The lowest BCUT2D eigenvalue weighted by atomic mass is 10.1. The Morgan fingerprint density at radius 3 is 2.47 bits per heavy atom. The van der Waals surface area contributed by atoms with Gasteiger partial charge < -0.3 is 14.6 Å². The number of carboxylic acids is 1. The van der Waals surface area contributed by atoms with E-state index < -0.39 is 5.97 Å². The van der Waals surface area contributed by atoms with Gasteiger partial charge in [-0.3, -0.25) is 4.79 Å². The number of rotatable bonds is 5. The van der Waals surface area contributed by atoms with Gasteiger partial charge in [-0.05, 0) is 18.2 Å². The van der Waals surface area contributed by atoms with Crippen LogP contribution in [-0.4, -0.2) is 18.2 Å². The Kier molecular flexibility index (Phi) is 4.03. The van der Waals surface area contributed by atoms with Gasteiger partial charge >= 0.3 is 5.97 Å². The molecule has 0 aliphatic carbocycles. The fourth-order valence-electron chi connectivity index (χ4n) is 1.72. The van der Waals surface area contributed by atoms with Gasteiger partial charge in [-0.15, -0.1) is 0 Å². The Morgan fingerprint density at radius 1 is 1.11 bits per heavy atom. The molecule has 0 bridgehead atoms. The highest BCUT2D eigenvalue weighted by Gasteiger charge is 2.09. The number of para-hydroxylation sites is 1. The van der Waals surface area contributed by atoms with Crippen LogP contribution in [-0.2, 0) is 11.2 Å². The van der Waals surface area contributed by atoms with E-state index in [9.17, 15) is 4.79 Å². The number of carboxylic acid groups (broad SMARTS) is 1. The summed E-state index contributed by atoms with van der Waals surface area (Å²) >= 11 is 0. The molecule has 98 valence electrons. The van der Waals surface area contributed by atoms with Gasteiger partial charge in [0.2, 0.25) is 0 Å². The summed E-state index contributed by atoms with van der Waals surface area (Å²) in [6.07, 6.45) is -0.0746. The second-order valence-corrected chi connectivity index (χ2v) is 3.96. The maximum absolute atomic E-state index is 10.7. The van der Waals surface area contributed by atoms with E-state index in [0.717, 1.165) is 5.75 Å². The van der Waals surface area contributed by atoms with Crippen LogP contribution in [0.2, 0.25) is 0 Å². The molecule has 0 amide bonds. The highest BCUT2D eigenvalue weighted by atomic mass is 16.5. The molecule has 19 heavy (non-hydrogen) atoms. The monoisotopic (exact) mass is 258 g/mol. The van der Waals surface area contributed by atoms with Gasteiger partial charge in [-0.2, -0.15) is 0 Å². The molecule has 4 nitrogen and oxygen atoms in total. The summed E-state index contributed by atoms with van der Waals surface area (Å²) in [6.45, 7) is 0. The molecule has 2 aromatic carbocycles. The first-order valence-electron chi connectivity index (χ1n) is 5.80. The maximum atomic E-state index is 10.7. The summed E-state index contributed by atoms with van der Waals surface area (Å²) in [7, 11) is 1.51. The minimum absolute atomic E-state index is 0.0746. The zero-order chi connectivity index (χ0) is 13.7. The summed E-state index contributed by atoms with van der Waals surface area (Å²) in [4.78, 5) is 10.7. The van der Waals surface area contributed by atoms with Crippen molar-refractivity contribution in [2.75, 3.05) is 7.11 Å². The van der Waals surface area contributed by atoms with Crippen LogP contribution in [0, 0.1) is 0 Å². The third-order valence-electron chi connectivity index (χ3n) is 2.58. The third kappa shape index (κ3) is 3.48. The van der Waals surface area contributed by atoms with E-state index in [2.05, 4.69) is 0 Å². The second kappa shape index (κ2) is 5.91. The summed E-state index contributed by atoms with van der Waals surface area (Å²) in [5.74, 6) is 0.943. The zero-order valence-electron chi connectivity index (χ0n) is 10.5. The van der Waals surface area contributed by atoms with Gasteiger partial charge in [0.05, 0.1) is 13.5 Å². The molecule has 0 aliphatic rings. The Morgan fingerprint density at radius 2 is 1.84 bits per heavy atom. The standard InChI is InChI=1S/C15H14O4/c1-18-14-10-13(8-7-11(14)9-15(16)17)19-12-5-3-2-4-6-12/h2-8,10H,9H2,1H3,(H,16,17). The van der Waals surface area contributed by atoms with Crippen LogP contribution >= 0.6 is 0 Å². The molecule has 0 aromatic heterocycles. The normalized spacial score (nSPS) is 9.95. The van der Waals surface area contributed by atoms with Crippen molar-refractivity contribution in [1.29, 1.82) is 0 Å². The molecule has 2 rings (SSSR count). The summed E-state index contributed by atoms with van der Waals surface area (Å²) < 4.78 is 10.8. The van der Waals surface area contributed by atoms with Gasteiger partial charge in [-0.25, -0.2) is 0 Å². The van der Waals surface area contributed by atoms with Gasteiger partial charge in [0.15, 0.2) is 0 Å². The highest BCUT2D eigenvalue weighted by molar-refractivity contribution is 5.71. The van der Waals surface area contributed by atoms with Crippen molar-refractivity contribution in [3.05, 3.63) is 54.1 Å². The first-order valence-corrected chi connectivity index (χ1v) is 5.80. The molecule has 4 heteroatoms. The Labute approximate surface area is 111 Å². The molecule has 0 saturated heterocycles. The van der Waals surface area contributed by atoms with Crippen molar-refractivity contribution in [2.45, 2.75) is 6.42 Å². The molecular formula is C15H14O4. The molecule has 0 heterocycles. The number of carbonyl (C=O) groups is 1. The predicted octanol–water partition coefficient (Wildman–Crippen LogP) is 3.11. The highest BCUT2D eigenvalue weighted by Crippen LogP contribution is 2.28. The molecule has 0 spiro atoms. The fraction of sp³-hybridized carbons (Fsp3) is 0.133. The van der Waals surface area contributed by atoms with Gasteiger partial charge in [0.25, 0.3) is 0 Å². The summed E-state index contributed by atoms with van der Waals surface area (Å²) in [5.41, 5.74) is 0.621. The fourth-order valence-corrected chi connectivity index (χ4v) is 1.72. The number of aliphatic carboxylic acids is 1. The molecule has 0 unspecified atom stereocenters. The SMILES string of the molecule is COc1cc(Oc2ccccc2)ccc1CC(=O)O. The topological polar surface area (TPSA) is 55.8 Å². The average Bonchev–Trinajstić information content (AvgIpc) is 2.41. The third-order valence-corrected chi connectivity index (χ3v) is 2.58. The van der Waals surface area contributed by atoms with E-state index in [1.54, 1.807) is 18.2 Å². The summed E-state index contributed by atoms with van der Waals surface area (Å²) in [6, 6.07) is 14.5. The van der Waals surface area contributed by atoms with E-state index in [-0.39, 0.29) is 6.42 Å². The number of hydrogen-bond acceptors (Lipinski definition) is 3. The van der Waals surface area contributed by atoms with Crippen LogP contribution in [0.3, 0.4) is 0 Å². The number of hydrogen-bond donors (Lipinski definition) is 1.